The standard InChI is InChI=1S/C7H12.2C3H5NO/c1-2-7-4-3-6(1)5-7;1-2-5-3-4;1-2-4-3-5/h6-7H,1-5H2;2*2H2,1H3. The first kappa shape index (κ1) is 15.7. The quantitative estimate of drug-likeness (QED) is 0.422. The van der Waals surface area contributed by atoms with E-state index in [0.717, 1.165) is 0 Å². The highest BCUT2D eigenvalue weighted by molar-refractivity contribution is 5.32. The summed E-state index contributed by atoms with van der Waals surface area (Å²) in [5, 5.41) is 7.59. The maximum absolute atomic E-state index is 9.11. The van der Waals surface area contributed by atoms with Crippen molar-refractivity contribution in [3.63, 3.8) is 0 Å². The molecule has 96 valence electrons. The second kappa shape index (κ2) is 11.2. The van der Waals surface area contributed by atoms with Crippen molar-refractivity contribution in [1.29, 1.82) is 5.26 Å². The van der Waals surface area contributed by atoms with Gasteiger partial charge in [-0.1, -0.05) is 25.7 Å². The number of carbonyl (C=O) groups excluding carboxylic acids is 1. The molecule has 0 atom stereocenters. The molecule has 0 aromatic rings. The van der Waals surface area contributed by atoms with Crippen LogP contribution in [0.2, 0.25) is 0 Å². The van der Waals surface area contributed by atoms with Crippen molar-refractivity contribution in [2.24, 2.45) is 16.8 Å². The van der Waals surface area contributed by atoms with Crippen molar-refractivity contribution in [2.75, 3.05) is 13.2 Å². The molecule has 0 saturated heterocycles. The van der Waals surface area contributed by atoms with Crippen molar-refractivity contribution in [1.82, 2.24) is 0 Å². The molecule has 4 heteroatoms. The monoisotopic (exact) mass is 238 g/mol. The minimum Gasteiger partial charge on any atom is -0.428 e. The third kappa shape index (κ3) is 8.47. The summed E-state index contributed by atoms with van der Waals surface area (Å²) < 4.78 is 4.14. The SMILES string of the molecule is C1CC2CCC1C2.CCN=C=O.CCOC#N. The predicted molar refractivity (Wildman–Crippen MR) is 66.0 cm³/mol. The number of aliphatic imine (C=N–C) groups is 1. The summed E-state index contributed by atoms with van der Waals surface area (Å²) in [6.07, 6.45) is 10.7. The zero-order valence-corrected chi connectivity index (χ0v) is 10.8. The van der Waals surface area contributed by atoms with Crippen LogP contribution in [0.1, 0.15) is 46.0 Å². The van der Waals surface area contributed by atoms with E-state index in [0.29, 0.717) is 13.2 Å². The fourth-order valence-electron chi connectivity index (χ4n) is 2.30. The second-order valence-corrected chi connectivity index (χ2v) is 4.21. The number of ether oxygens (including phenoxy) is 1. The summed E-state index contributed by atoms with van der Waals surface area (Å²) in [6.45, 7) is 4.58. The Bertz CT molecular complexity index is 249. The Labute approximate surface area is 104 Å². The summed E-state index contributed by atoms with van der Waals surface area (Å²) in [5.74, 6) is 2.34. The number of hydrogen-bond acceptors (Lipinski definition) is 4. The molecule has 2 aliphatic rings. The van der Waals surface area contributed by atoms with E-state index in [1.165, 1.54) is 24.2 Å². The smallest absolute Gasteiger partial charge is 0.286 e. The topological polar surface area (TPSA) is 62.4 Å². The van der Waals surface area contributed by atoms with Crippen molar-refractivity contribution in [3.8, 4) is 6.26 Å². The van der Waals surface area contributed by atoms with Crippen LogP contribution >= 0.6 is 0 Å². The van der Waals surface area contributed by atoms with Crippen LogP contribution in [-0.2, 0) is 9.53 Å². The van der Waals surface area contributed by atoms with Gasteiger partial charge in [-0.2, -0.15) is 5.26 Å². The molecule has 2 saturated carbocycles. The van der Waals surface area contributed by atoms with E-state index in [-0.39, 0.29) is 0 Å². The summed E-state index contributed by atoms with van der Waals surface area (Å²) >= 11 is 0. The average molecular weight is 238 g/mol. The zero-order chi connectivity index (χ0) is 12.9. The molecule has 0 aromatic carbocycles. The molecule has 0 N–H and O–H groups in total. The number of nitrogens with zero attached hydrogens (tertiary/aromatic N) is 2. The Morgan fingerprint density at radius 1 is 1.24 bits per heavy atom. The van der Waals surface area contributed by atoms with E-state index in [1.54, 1.807) is 46.0 Å². The molecule has 0 unspecified atom stereocenters. The lowest BCUT2D eigenvalue weighted by Gasteiger charge is -2.05. The molecule has 0 radical (unpaired) electrons. The van der Waals surface area contributed by atoms with Gasteiger partial charge in [-0.05, 0) is 32.1 Å². The van der Waals surface area contributed by atoms with Gasteiger partial charge in [-0.3, -0.25) is 0 Å². The molecule has 2 fully saturated rings. The predicted octanol–water partition coefficient (Wildman–Crippen LogP) is 3.04. The third-order valence-corrected chi connectivity index (χ3v) is 3.06. The molecule has 2 rings (SSSR count). The van der Waals surface area contributed by atoms with Gasteiger partial charge in [0.25, 0.3) is 6.26 Å². The minimum absolute atomic E-state index is 0.483. The molecule has 17 heavy (non-hydrogen) atoms. The van der Waals surface area contributed by atoms with E-state index in [9.17, 15) is 0 Å². The molecule has 0 aromatic heterocycles. The number of hydrogen-bond donors (Lipinski definition) is 0. The molecule has 0 spiro atoms. The van der Waals surface area contributed by atoms with Crippen LogP contribution in [0.5, 0.6) is 0 Å². The van der Waals surface area contributed by atoms with Gasteiger partial charge in [0.1, 0.15) is 0 Å². The summed E-state index contributed by atoms with van der Waals surface area (Å²) in [4.78, 5) is 12.3. The van der Waals surface area contributed by atoms with Crippen molar-refractivity contribution in [3.05, 3.63) is 0 Å². The highest BCUT2D eigenvalue weighted by atomic mass is 16.5. The summed E-state index contributed by atoms with van der Waals surface area (Å²) in [6, 6.07) is 0. The zero-order valence-electron chi connectivity index (χ0n) is 10.8. The average Bonchev–Trinajstić information content (AvgIpc) is 2.97. The Morgan fingerprint density at radius 3 is 1.82 bits per heavy atom. The molecule has 0 aliphatic heterocycles. The molecule has 0 heterocycles. The van der Waals surface area contributed by atoms with Crippen LogP contribution in [-0.4, -0.2) is 19.2 Å². The summed E-state index contributed by atoms with van der Waals surface area (Å²) in [7, 11) is 0. The number of nitriles is 1. The number of rotatable bonds is 2. The van der Waals surface area contributed by atoms with Gasteiger partial charge in [0, 0.05) is 6.54 Å². The largest absolute Gasteiger partial charge is 0.428 e. The van der Waals surface area contributed by atoms with E-state index in [1.807, 2.05) is 0 Å². The van der Waals surface area contributed by atoms with Crippen LogP contribution in [0, 0.1) is 23.4 Å². The van der Waals surface area contributed by atoms with Crippen LogP contribution in [0.15, 0.2) is 4.99 Å². The highest BCUT2D eigenvalue weighted by Crippen LogP contribution is 2.43. The molecule has 0 amide bonds. The molecule has 2 bridgehead atoms. The fraction of sp³-hybridized carbons (Fsp3) is 0.846. The van der Waals surface area contributed by atoms with E-state index in [4.69, 9.17) is 10.1 Å². The maximum Gasteiger partial charge on any atom is 0.286 e. The van der Waals surface area contributed by atoms with Gasteiger partial charge in [0.15, 0.2) is 0 Å². The lowest BCUT2D eigenvalue weighted by molar-refractivity contribution is 0.291. The summed E-state index contributed by atoms with van der Waals surface area (Å²) in [5.41, 5.74) is 0. The number of fused-ring (bicyclic) bond motifs is 2. The van der Waals surface area contributed by atoms with Gasteiger partial charge >= 0.3 is 0 Å². The lowest BCUT2D eigenvalue weighted by Crippen LogP contribution is -1.90. The molecular weight excluding hydrogens is 216 g/mol. The Hall–Kier alpha value is -1.33. The number of isocyanates is 1. The Morgan fingerprint density at radius 2 is 1.76 bits per heavy atom. The Kier molecular flexibility index (Phi) is 10.3. The van der Waals surface area contributed by atoms with Crippen molar-refractivity contribution >= 4 is 6.08 Å². The fourth-order valence-corrected chi connectivity index (χ4v) is 2.30. The van der Waals surface area contributed by atoms with Gasteiger partial charge in [-0.25, -0.2) is 9.79 Å². The van der Waals surface area contributed by atoms with E-state index < -0.39 is 0 Å². The second-order valence-electron chi connectivity index (χ2n) is 4.21. The molecule has 2 aliphatic carbocycles. The van der Waals surface area contributed by atoms with Gasteiger partial charge < -0.3 is 4.74 Å². The van der Waals surface area contributed by atoms with Crippen LogP contribution in [0.3, 0.4) is 0 Å². The van der Waals surface area contributed by atoms with E-state index in [2.05, 4.69) is 9.73 Å². The van der Waals surface area contributed by atoms with Gasteiger partial charge in [0.05, 0.1) is 6.61 Å². The minimum atomic E-state index is 0.483. The van der Waals surface area contributed by atoms with Crippen molar-refractivity contribution in [2.45, 2.75) is 46.0 Å². The first-order valence-corrected chi connectivity index (χ1v) is 6.32. The highest BCUT2D eigenvalue weighted by Gasteiger charge is 2.30. The van der Waals surface area contributed by atoms with E-state index >= 15 is 0 Å². The van der Waals surface area contributed by atoms with Crippen LogP contribution in [0.25, 0.3) is 0 Å². The first-order valence-electron chi connectivity index (χ1n) is 6.32. The lowest BCUT2D eigenvalue weighted by atomic mass is 10.0. The molecular formula is C13H22N2O2. The Balaban J connectivity index is 0.000000235. The first-order chi connectivity index (χ1) is 8.28. The third-order valence-electron chi connectivity index (χ3n) is 3.06. The van der Waals surface area contributed by atoms with Gasteiger partial charge in [0.2, 0.25) is 6.08 Å². The van der Waals surface area contributed by atoms with Crippen LogP contribution in [0.4, 0.5) is 0 Å². The molecule has 4 nitrogen and oxygen atoms in total. The van der Waals surface area contributed by atoms with Crippen molar-refractivity contribution < 1.29 is 9.53 Å². The van der Waals surface area contributed by atoms with Gasteiger partial charge in [-0.15, -0.1) is 0 Å². The normalized spacial score (nSPS) is 23.1. The maximum atomic E-state index is 9.11. The van der Waals surface area contributed by atoms with Crippen LogP contribution < -0.4 is 0 Å².